The summed E-state index contributed by atoms with van der Waals surface area (Å²) < 4.78 is 29.8. The molecule has 5 heteroatoms. The van der Waals surface area contributed by atoms with E-state index >= 15 is 0 Å². The van der Waals surface area contributed by atoms with Gasteiger partial charge in [-0.3, -0.25) is 0 Å². The molecule has 0 fully saturated rings. The second-order valence-corrected chi connectivity index (χ2v) is 4.96. The van der Waals surface area contributed by atoms with E-state index in [4.69, 9.17) is 14.2 Å². The van der Waals surface area contributed by atoms with E-state index < -0.39 is 0 Å². The first kappa shape index (κ1) is 17.9. The maximum atomic E-state index is 13.7. The van der Waals surface area contributed by atoms with Crippen LogP contribution in [-0.2, 0) is 9.47 Å². The van der Waals surface area contributed by atoms with Gasteiger partial charge in [-0.1, -0.05) is 0 Å². The average molecular weight is 299 g/mol. The molecule has 0 saturated carbocycles. The van der Waals surface area contributed by atoms with E-state index in [0.29, 0.717) is 32.0 Å². The number of halogens is 1. The second-order valence-electron chi connectivity index (χ2n) is 4.96. The zero-order valence-corrected chi connectivity index (χ0v) is 13.4. The molecule has 1 rings (SSSR count). The first-order valence-electron chi connectivity index (χ1n) is 7.27. The van der Waals surface area contributed by atoms with Gasteiger partial charge in [0.25, 0.3) is 0 Å². The van der Waals surface area contributed by atoms with Crippen LogP contribution in [0.5, 0.6) is 5.75 Å². The molecule has 0 radical (unpaired) electrons. The normalized spacial score (nSPS) is 12.4. The minimum Gasteiger partial charge on any atom is -0.493 e. The summed E-state index contributed by atoms with van der Waals surface area (Å²) >= 11 is 0. The summed E-state index contributed by atoms with van der Waals surface area (Å²) in [4.78, 5) is 0. The predicted molar refractivity (Wildman–Crippen MR) is 81.4 cm³/mol. The first-order valence-corrected chi connectivity index (χ1v) is 7.27. The molecular formula is C16H26FNO3. The van der Waals surface area contributed by atoms with Crippen LogP contribution in [0, 0.1) is 12.7 Å². The fourth-order valence-electron chi connectivity index (χ4n) is 1.88. The SMILES string of the molecule is CNC(C)c1cc(F)c(C)cc1OCCCOCCOC. The number of methoxy groups -OCH3 is 1. The molecule has 0 heterocycles. The van der Waals surface area contributed by atoms with Crippen molar-refractivity contribution in [2.45, 2.75) is 26.3 Å². The van der Waals surface area contributed by atoms with E-state index in [2.05, 4.69) is 5.32 Å². The molecule has 0 spiro atoms. The lowest BCUT2D eigenvalue weighted by atomic mass is 10.0. The molecule has 0 aliphatic heterocycles. The number of nitrogens with one attached hydrogen (secondary N) is 1. The first-order chi connectivity index (χ1) is 10.1. The van der Waals surface area contributed by atoms with Gasteiger partial charge in [0.05, 0.1) is 19.8 Å². The van der Waals surface area contributed by atoms with E-state index in [9.17, 15) is 4.39 Å². The lowest BCUT2D eigenvalue weighted by molar-refractivity contribution is 0.0643. The number of benzene rings is 1. The minimum atomic E-state index is -0.206. The Labute approximate surface area is 126 Å². The van der Waals surface area contributed by atoms with Crippen LogP contribution in [-0.4, -0.2) is 40.6 Å². The summed E-state index contributed by atoms with van der Waals surface area (Å²) in [5, 5.41) is 3.11. The van der Waals surface area contributed by atoms with E-state index in [1.165, 1.54) is 0 Å². The monoisotopic (exact) mass is 299 g/mol. The van der Waals surface area contributed by atoms with Gasteiger partial charge in [-0.25, -0.2) is 4.39 Å². The van der Waals surface area contributed by atoms with Gasteiger partial charge < -0.3 is 19.5 Å². The van der Waals surface area contributed by atoms with Gasteiger partial charge >= 0.3 is 0 Å². The molecule has 0 saturated heterocycles. The summed E-state index contributed by atoms with van der Waals surface area (Å²) in [6, 6.07) is 3.33. The van der Waals surface area contributed by atoms with Crippen molar-refractivity contribution in [3.63, 3.8) is 0 Å². The van der Waals surface area contributed by atoms with Crippen LogP contribution in [0.4, 0.5) is 4.39 Å². The van der Waals surface area contributed by atoms with Crippen LogP contribution >= 0.6 is 0 Å². The Morgan fingerprint density at radius 1 is 1.19 bits per heavy atom. The van der Waals surface area contributed by atoms with Gasteiger partial charge in [-0.05, 0) is 38.6 Å². The maximum Gasteiger partial charge on any atom is 0.126 e. The van der Waals surface area contributed by atoms with Crippen molar-refractivity contribution in [2.24, 2.45) is 0 Å². The molecular weight excluding hydrogens is 273 g/mol. The van der Waals surface area contributed by atoms with Crippen molar-refractivity contribution in [2.75, 3.05) is 40.6 Å². The molecule has 1 aromatic carbocycles. The Bertz CT molecular complexity index is 426. The fourth-order valence-corrected chi connectivity index (χ4v) is 1.88. The number of aryl methyl sites for hydroxylation is 1. The van der Waals surface area contributed by atoms with Crippen molar-refractivity contribution in [3.8, 4) is 5.75 Å². The maximum absolute atomic E-state index is 13.7. The third-order valence-corrected chi connectivity index (χ3v) is 3.31. The Morgan fingerprint density at radius 2 is 1.95 bits per heavy atom. The molecule has 1 N–H and O–H groups in total. The summed E-state index contributed by atoms with van der Waals surface area (Å²) in [7, 11) is 3.49. The highest BCUT2D eigenvalue weighted by molar-refractivity contribution is 5.40. The predicted octanol–water partition coefficient (Wildman–Crippen LogP) is 2.85. The largest absolute Gasteiger partial charge is 0.493 e. The van der Waals surface area contributed by atoms with E-state index in [1.54, 1.807) is 26.2 Å². The van der Waals surface area contributed by atoms with Gasteiger partial charge in [0.2, 0.25) is 0 Å². The summed E-state index contributed by atoms with van der Waals surface area (Å²) in [5.41, 5.74) is 1.43. The molecule has 0 aromatic heterocycles. The Kier molecular flexibility index (Phi) is 8.27. The van der Waals surface area contributed by atoms with Crippen molar-refractivity contribution in [1.29, 1.82) is 0 Å². The minimum absolute atomic E-state index is 0.0352. The molecule has 1 unspecified atom stereocenters. The van der Waals surface area contributed by atoms with Crippen LogP contribution in [0.15, 0.2) is 12.1 Å². The zero-order valence-electron chi connectivity index (χ0n) is 13.4. The van der Waals surface area contributed by atoms with Crippen LogP contribution in [0.2, 0.25) is 0 Å². The number of rotatable bonds is 10. The Morgan fingerprint density at radius 3 is 2.62 bits per heavy atom. The van der Waals surface area contributed by atoms with Crippen molar-refractivity contribution >= 4 is 0 Å². The van der Waals surface area contributed by atoms with Crippen LogP contribution in [0.3, 0.4) is 0 Å². The molecule has 21 heavy (non-hydrogen) atoms. The molecule has 0 aliphatic rings. The van der Waals surface area contributed by atoms with E-state index in [0.717, 1.165) is 17.7 Å². The van der Waals surface area contributed by atoms with Gasteiger partial charge in [0, 0.05) is 31.7 Å². The number of hydrogen-bond donors (Lipinski definition) is 1. The van der Waals surface area contributed by atoms with Crippen LogP contribution in [0.1, 0.15) is 30.5 Å². The quantitative estimate of drug-likeness (QED) is 0.674. The summed E-state index contributed by atoms with van der Waals surface area (Å²) in [6.07, 6.45) is 0.785. The summed E-state index contributed by atoms with van der Waals surface area (Å²) in [5.74, 6) is 0.523. The molecule has 1 atom stereocenters. The van der Waals surface area contributed by atoms with Crippen LogP contribution < -0.4 is 10.1 Å². The standard InChI is InChI=1S/C16H26FNO3/c1-12-10-16(14(11-15(12)17)13(2)18-3)21-7-5-6-20-9-8-19-4/h10-11,13,18H,5-9H2,1-4H3. The zero-order chi connectivity index (χ0) is 15.7. The Balaban J connectivity index is 2.51. The Hall–Kier alpha value is -1.17. The van der Waals surface area contributed by atoms with Crippen molar-refractivity contribution in [3.05, 3.63) is 29.1 Å². The fraction of sp³-hybridized carbons (Fsp3) is 0.625. The molecule has 0 aliphatic carbocycles. The highest BCUT2D eigenvalue weighted by atomic mass is 19.1. The van der Waals surface area contributed by atoms with Crippen molar-refractivity contribution < 1.29 is 18.6 Å². The topological polar surface area (TPSA) is 39.7 Å². The third-order valence-electron chi connectivity index (χ3n) is 3.31. The lowest BCUT2D eigenvalue weighted by Crippen LogP contribution is -2.15. The average Bonchev–Trinajstić information content (AvgIpc) is 2.48. The van der Waals surface area contributed by atoms with Gasteiger partial charge in [0.1, 0.15) is 11.6 Å². The summed E-state index contributed by atoms with van der Waals surface area (Å²) in [6.45, 7) is 6.08. The number of hydrogen-bond acceptors (Lipinski definition) is 4. The molecule has 120 valence electrons. The van der Waals surface area contributed by atoms with Crippen molar-refractivity contribution in [1.82, 2.24) is 5.32 Å². The van der Waals surface area contributed by atoms with Crippen LogP contribution in [0.25, 0.3) is 0 Å². The van der Waals surface area contributed by atoms with E-state index in [-0.39, 0.29) is 11.9 Å². The van der Waals surface area contributed by atoms with Gasteiger partial charge in [-0.15, -0.1) is 0 Å². The smallest absolute Gasteiger partial charge is 0.126 e. The molecule has 4 nitrogen and oxygen atoms in total. The highest BCUT2D eigenvalue weighted by Crippen LogP contribution is 2.28. The lowest BCUT2D eigenvalue weighted by Gasteiger charge is -2.17. The van der Waals surface area contributed by atoms with Gasteiger partial charge in [-0.2, -0.15) is 0 Å². The number of ether oxygens (including phenoxy) is 3. The van der Waals surface area contributed by atoms with Gasteiger partial charge in [0.15, 0.2) is 0 Å². The highest BCUT2D eigenvalue weighted by Gasteiger charge is 2.13. The molecule has 1 aromatic rings. The second kappa shape index (κ2) is 9.71. The third kappa shape index (κ3) is 5.99. The van der Waals surface area contributed by atoms with E-state index in [1.807, 2.05) is 14.0 Å². The molecule has 0 bridgehead atoms. The molecule has 0 amide bonds.